The van der Waals surface area contributed by atoms with Gasteiger partial charge in [-0.15, -0.1) is 0 Å². The summed E-state index contributed by atoms with van der Waals surface area (Å²) in [6.45, 7) is 3.76. The van der Waals surface area contributed by atoms with Crippen molar-refractivity contribution in [3.05, 3.63) is 17.5 Å². The van der Waals surface area contributed by atoms with Crippen LogP contribution in [0.1, 0.15) is 35.4 Å². The van der Waals surface area contributed by atoms with E-state index in [0.29, 0.717) is 18.3 Å². The van der Waals surface area contributed by atoms with Crippen LogP contribution in [0, 0.1) is 6.92 Å². The Morgan fingerprint density at radius 3 is 3.12 bits per heavy atom. The lowest BCUT2D eigenvalue weighted by molar-refractivity contribution is 0.0946. The predicted octanol–water partition coefficient (Wildman–Crippen LogP) is 0.600. The number of carbonyl (C=O) groups excluding carboxylic acids is 1. The third-order valence-electron chi connectivity index (χ3n) is 3.29. The van der Waals surface area contributed by atoms with Crippen molar-refractivity contribution in [2.45, 2.75) is 32.2 Å². The number of hydrogen-bond donors (Lipinski definition) is 2. The van der Waals surface area contributed by atoms with Crippen LogP contribution < -0.4 is 10.6 Å². The molecule has 2 heterocycles. The van der Waals surface area contributed by atoms with E-state index in [2.05, 4.69) is 15.7 Å². The van der Waals surface area contributed by atoms with Gasteiger partial charge in [0.1, 0.15) is 5.69 Å². The van der Waals surface area contributed by atoms with Crippen LogP contribution in [0.25, 0.3) is 0 Å². The molecule has 2 N–H and O–H groups in total. The van der Waals surface area contributed by atoms with E-state index in [1.807, 2.05) is 20.0 Å². The first-order chi connectivity index (χ1) is 8.16. The summed E-state index contributed by atoms with van der Waals surface area (Å²) in [5.74, 6) is -0.0771. The van der Waals surface area contributed by atoms with Crippen molar-refractivity contribution < 1.29 is 4.79 Å². The number of carbonyl (C=O) groups is 1. The molecule has 17 heavy (non-hydrogen) atoms. The van der Waals surface area contributed by atoms with Crippen molar-refractivity contribution in [3.8, 4) is 0 Å². The van der Waals surface area contributed by atoms with Gasteiger partial charge in [-0.25, -0.2) is 0 Å². The Kier molecular flexibility index (Phi) is 3.78. The number of hydrogen-bond acceptors (Lipinski definition) is 3. The molecule has 1 aromatic heterocycles. The smallest absolute Gasteiger partial charge is 0.271 e. The Balaban J connectivity index is 1.76. The molecule has 0 aromatic carbocycles. The molecule has 5 heteroatoms. The highest BCUT2D eigenvalue weighted by molar-refractivity contribution is 5.92. The second-order valence-corrected chi connectivity index (χ2v) is 4.63. The zero-order valence-corrected chi connectivity index (χ0v) is 10.5. The highest BCUT2D eigenvalue weighted by Crippen LogP contribution is 2.07. The fourth-order valence-electron chi connectivity index (χ4n) is 2.13. The second-order valence-electron chi connectivity index (χ2n) is 4.63. The van der Waals surface area contributed by atoms with Crippen molar-refractivity contribution in [3.63, 3.8) is 0 Å². The summed E-state index contributed by atoms with van der Waals surface area (Å²) < 4.78 is 1.72. The first-order valence-electron chi connectivity index (χ1n) is 6.19. The SMILES string of the molecule is Cc1cc(C(=O)NCC[C@@H]2CCCN2)nn1C. The zero-order chi connectivity index (χ0) is 12.3. The molecule has 1 atom stereocenters. The van der Waals surface area contributed by atoms with Gasteiger partial charge in [-0.2, -0.15) is 5.10 Å². The van der Waals surface area contributed by atoms with Crippen LogP contribution in [0.2, 0.25) is 0 Å². The van der Waals surface area contributed by atoms with Crippen LogP contribution in [-0.2, 0) is 7.05 Å². The Morgan fingerprint density at radius 1 is 1.71 bits per heavy atom. The number of rotatable bonds is 4. The van der Waals surface area contributed by atoms with E-state index < -0.39 is 0 Å². The van der Waals surface area contributed by atoms with E-state index in [4.69, 9.17) is 0 Å². The molecule has 2 rings (SSSR count). The average molecular weight is 236 g/mol. The maximum absolute atomic E-state index is 11.8. The van der Waals surface area contributed by atoms with Crippen LogP contribution >= 0.6 is 0 Å². The molecule has 1 aliphatic heterocycles. The molecule has 1 aromatic rings. The number of aryl methyl sites for hydroxylation is 2. The molecule has 0 saturated carbocycles. The lowest BCUT2D eigenvalue weighted by Crippen LogP contribution is -2.30. The van der Waals surface area contributed by atoms with Crippen molar-refractivity contribution in [2.24, 2.45) is 7.05 Å². The fourth-order valence-corrected chi connectivity index (χ4v) is 2.13. The minimum absolute atomic E-state index is 0.0771. The van der Waals surface area contributed by atoms with Gasteiger partial charge >= 0.3 is 0 Å². The summed E-state index contributed by atoms with van der Waals surface area (Å²) in [4.78, 5) is 11.8. The van der Waals surface area contributed by atoms with Gasteiger partial charge in [-0.05, 0) is 38.8 Å². The second kappa shape index (κ2) is 5.31. The molecule has 0 radical (unpaired) electrons. The van der Waals surface area contributed by atoms with E-state index in [0.717, 1.165) is 18.7 Å². The summed E-state index contributed by atoms with van der Waals surface area (Å²) in [7, 11) is 1.84. The first-order valence-corrected chi connectivity index (χ1v) is 6.19. The van der Waals surface area contributed by atoms with Crippen molar-refractivity contribution in [1.82, 2.24) is 20.4 Å². The van der Waals surface area contributed by atoms with Gasteiger partial charge in [-0.1, -0.05) is 0 Å². The van der Waals surface area contributed by atoms with E-state index in [1.54, 1.807) is 4.68 Å². The molecule has 0 bridgehead atoms. The van der Waals surface area contributed by atoms with Crippen molar-refractivity contribution >= 4 is 5.91 Å². The fraction of sp³-hybridized carbons (Fsp3) is 0.667. The minimum atomic E-state index is -0.0771. The minimum Gasteiger partial charge on any atom is -0.351 e. The van der Waals surface area contributed by atoms with Gasteiger partial charge in [0.2, 0.25) is 0 Å². The van der Waals surface area contributed by atoms with Crippen molar-refractivity contribution in [2.75, 3.05) is 13.1 Å². The van der Waals surface area contributed by atoms with Crippen LogP contribution in [0.3, 0.4) is 0 Å². The Bertz CT molecular complexity index is 374. The third kappa shape index (κ3) is 3.06. The topological polar surface area (TPSA) is 59.0 Å². The summed E-state index contributed by atoms with van der Waals surface area (Å²) in [5, 5.41) is 10.5. The zero-order valence-electron chi connectivity index (χ0n) is 10.5. The molecule has 0 aliphatic carbocycles. The van der Waals surface area contributed by atoms with Gasteiger partial charge < -0.3 is 10.6 Å². The number of aromatic nitrogens is 2. The summed E-state index contributed by atoms with van der Waals surface area (Å²) in [6.07, 6.45) is 3.47. The highest BCUT2D eigenvalue weighted by Gasteiger charge is 2.15. The molecule has 1 amide bonds. The van der Waals surface area contributed by atoms with Crippen LogP contribution in [0.5, 0.6) is 0 Å². The maximum atomic E-state index is 11.8. The van der Waals surface area contributed by atoms with Gasteiger partial charge in [0.15, 0.2) is 0 Å². The summed E-state index contributed by atoms with van der Waals surface area (Å²) in [5.41, 5.74) is 1.50. The number of nitrogens with one attached hydrogen (secondary N) is 2. The van der Waals surface area contributed by atoms with E-state index >= 15 is 0 Å². The number of nitrogens with zero attached hydrogens (tertiary/aromatic N) is 2. The highest BCUT2D eigenvalue weighted by atomic mass is 16.1. The Morgan fingerprint density at radius 2 is 2.53 bits per heavy atom. The lowest BCUT2D eigenvalue weighted by atomic mass is 10.1. The van der Waals surface area contributed by atoms with E-state index in [1.165, 1.54) is 12.8 Å². The van der Waals surface area contributed by atoms with Gasteiger partial charge in [0.25, 0.3) is 5.91 Å². The molecule has 5 nitrogen and oxygen atoms in total. The van der Waals surface area contributed by atoms with Crippen LogP contribution in [0.15, 0.2) is 6.07 Å². The van der Waals surface area contributed by atoms with Gasteiger partial charge in [0.05, 0.1) is 0 Å². The molecule has 1 aliphatic rings. The quantitative estimate of drug-likeness (QED) is 0.805. The monoisotopic (exact) mass is 236 g/mol. The third-order valence-corrected chi connectivity index (χ3v) is 3.29. The summed E-state index contributed by atoms with van der Waals surface area (Å²) >= 11 is 0. The lowest BCUT2D eigenvalue weighted by Gasteiger charge is -2.09. The van der Waals surface area contributed by atoms with Crippen LogP contribution in [0.4, 0.5) is 0 Å². The number of amides is 1. The molecule has 1 saturated heterocycles. The van der Waals surface area contributed by atoms with Gasteiger partial charge in [0, 0.05) is 25.3 Å². The molecule has 0 unspecified atom stereocenters. The molecular weight excluding hydrogens is 216 g/mol. The predicted molar refractivity (Wildman–Crippen MR) is 65.9 cm³/mol. The molecular formula is C12H20N4O. The molecule has 94 valence electrons. The van der Waals surface area contributed by atoms with E-state index in [-0.39, 0.29) is 5.91 Å². The maximum Gasteiger partial charge on any atom is 0.271 e. The van der Waals surface area contributed by atoms with Gasteiger partial charge in [-0.3, -0.25) is 9.48 Å². The normalized spacial score (nSPS) is 19.5. The van der Waals surface area contributed by atoms with Crippen LogP contribution in [-0.4, -0.2) is 34.8 Å². The largest absolute Gasteiger partial charge is 0.351 e. The Labute approximate surface area is 102 Å². The standard InChI is InChI=1S/C12H20N4O/c1-9-8-11(15-16(9)2)12(17)14-7-5-10-4-3-6-13-10/h8,10,13H,3-7H2,1-2H3,(H,14,17)/t10-/m0/s1. The first kappa shape index (κ1) is 12.1. The van der Waals surface area contributed by atoms with Crippen molar-refractivity contribution in [1.29, 1.82) is 0 Å². The Hall–Kier alpha value is -1.36. The van der Waals surface area contributed by atoms with E-state index in [9.17, 15) is 4.79 Å². The molecule has 1 fully saturated rings. The molecule has 0 spiro atoms. The summed E-state index contributed by atoms with van der Waals surface area (Å²) in [6, 6.07) is 2.38. The average Bonchev–Trinajstić information content (AvgIpc) is 2.90.